The smallest absolute Gasteiger partial charge is 0.507 e. The molecule has 0 bridgehead atoms. The number of carboxylic acid groups (broad SMARTS) is 1. The number of benzene rings is 3. The summed E-state index contributed by atoms with van der Waals surface area (Å²) in [7, 11) is 0. The molecule has 0 spiro atoms. The Bertz CT molecular complexity index is 1530. The Balaban J connectivity index is 0. The van der Waals surface area contributed by atoms with Gasteiger partial charge >= 0.3 is 57.4 Å². The average Bonchev–Trinajstić information content (AvgIpc) is 3.51. The number of halogens is 2. The second kappa shape index (κ2) is 24.6. The summed E-state index contributed by atoms with van der Waals surface area (Å²) in [5.74, 6) is -1.94. The predicted octanol–water partition coefficient (Wildman–Crippen LogP) is 7.48. The Labute approximate surface area is 331 Å². The van der Waals surface area contributed by atoms with Crippen LogP contribution >= 0.6 is 0 Å². The van der Waals surface area contributed by atoms with E-state index in [1.54, 1.807) is 45.3 Å². The minimum atomic E-state index is -0.803. The number of rotatable bonds is 8. The summed E-state index contributed by atoms with van der Waals surface area (Å²) in [6.45, 7) is 23.5. The van der Waals surface area contributed by atoms with E-state index in [1.807, 2.05) is 69.9 Å². The molecule has 0 unspecified atom stereocenters. The molecule has 1 aliphatic heterocycles. The fourth-order valence-electron chi connectivity index (χ4n) is 5.14. The fourth-order valence-corrected chi connectivity index (χ4v) is 5.14. The molecule has 0 saturated carbocycles. The predicted molar refractivity (Wildman–Crippen MR) is 194 cm³/mol. The summed E-state index contributed by atoms with van der Waals surface area (Å²) in [4.78, 5) is 23.2. The van der Waals surface area contributed by atoms with E-state index in [1.165, 1.54) is 6.07 Å². The Morgan fingerprint density at radius 2 is 1.65 bits per heavy atom. The van der Waals surface area contributed by atoms with Gasteiger partial charge in [0.25, 0.3) is 0 Å². The van der Waals surface area contributed by atoms with Gasteiger partial charge in [0.1, 0.15) is 11.6 Å². The Morgan fingerprint density at radius 3 is 2.12 bits per heavy atom. The summed E-state index contributed by atoms with van der Waals surface area (Å²) in [5, 5.41) is 9.24. The third-order valence-electron chi connectivity index (χ3n) is 7.74. The third-order valence-corrected chi connectivity index (χ3v) is 7.74. The van der Waals surface area contributed by atoms with Crippen LogP contribution in [0.25, 0.3) is 22.3 Å². The molecule has 1 fully saturated rings. The standard InChI is InChI=1S/C28H29F2NO2.C7H9O.C3H5.C2H6.CH3.K/c1-4-19-13-21(14-26(29)25(19)16-31-12-11-20(15-31)28(32)33)23-9-6-10-24(27(23)30)22-8-5-7-17(2)18(22)3;1-4-7(5-8)6(2)3;1-3-2;1-2;;/h5-10,13-14,20H,4,11-12,15-16H2,1-3H3,(H,32,33);4H,2H2,1,3H3;1H2,2H3;1-2H3;1H3;/q;2*-1;;-1;+1/b;7-4+;;;;/t20-;;;;;/m1...../s1. The van der Waals surface area contributed by atoms with Gasteiger partial charge in [0.15, 0.2) is 0 Å². The van der Waals surface area contributed by atoms with Crippen LogP contribution < -0.4 is 51.4 Å². The molecular weight excluding hydrogens is 632 g/mol. The van der Waals surface area contributed by atoms with Crippen molar-refractivity contribution in [1.29, 1.82) is 0 Å². The van der Waals surface area contributed by atoms with Crippen LogP contribution in [-0.4, -0.2) is 35.4 Å². The molecule has 3 aromatic rings. The van der Waals surface area contributed by atoms with Gasteiger partial charge in [0.2, 0.25) is 0 Å². The number of likely N-dealkylation sites (tertiary alicyclic amines) is 1. The number of carboxylic acids is 1. The quantitative estimate of drug-likeness (QED) is 0.116. The minimum absolute atomic E-state index is 0. The van der Waals surface area contributed by atoms with Crippen molar-refractivity contribution in [3.8, 4) is 22.3 Å². The first kappa shape index (κ1) is 47.6. The molecule has 0 amide bonds. The maximum atomic E-state index is 15.7. The van der Waals surface area contributed by atoms with Crippen molar-refractivity contribution >= 4 is 12.3 Å². The van der Waals surface area contributed by atoms with Gasteiger partial charge in [-0.3, -0.25) is 16.3 Å². The van der Waals surface area contributed by atoms with Gasteiger partial charge in [-0.25, -0.2) is 8.78 Å². The van der Waals surface area contributed by atoms with E-state index >= 15 is 8.78 Å². The molecule has 4 nitrogen and oxygen atoms in total. The van der Waals surface area contributed by atoms with Gasteiger partial charge in [0, 0.05) is 29.8 Å². The van der Waals surface area contributed by atoms with E-state index in [2.05, 4.69) is 19.2 Å². The SMILES string of the molecule is C=C(C)/C([C-]=O)=C/C.C=[C-]C.CC.CCc1cc(-c2cccc(-c3cccc(C)c3C)c2F)cc(F)c1CN1CC[C@@H](C(=O)O)C1.[CH3-].[K+]. The van der Waals surface area contributed by atoms with E-state index in [9.17, 15) is 14.7 Å². The zero-order valence-electron chi connectivity index (χ0n) is 30.7. The average molecular weight is 684 g/mol. The molecule has 0 aromatic heterocycles. The monoisotopic (exact) mass is 683 g/mol. The van der Waals surface area contributed by atoms with Crippen LogP contribution in [0.5, 0.6) is 0 Å². The number of aryl methyl sites for hydroxylation is 2. The molecule has 1 atom stereocenters. The second-order valence-corrected chi connectivity index (χ2v) is 10.9. The first-order valence-corrected chi connectivity index (χ1v) is 15.7. The minimum Gasteiger partial charge on any atom is -0.507 e. The van der Waals surface area contributed by atoms with Gasteiger partial charge in [-0.1, -0.05) is 77.1 Å². The van der Waals surface area contributed by atoms with Crippen molar-refractivity contribution in [2.24, 2.45) is 5.92 Å². The molecule has 1 aliphatic rings. The molecule has 4 rings (SSSR count). The largest absolute Gasteiger partial charge is 1.00 e. The van der Waals surface area contributed by atoms with Crippen LogP contribution in [0.4, 0.5) is 8.78 Å². The van der Waals surface area contributed by atoms with Gasteiger partial charge in [-0.15, -0.1) is 0 Å². The van der Waals surface area contributed by atoms with Crippen molar-refractivity contribution < 1.29 is 74.9 Å². The normalized spacial score (nSPS) is 13.5. The molecule has 1 heterocycles. The maximum absolute atomic E-state index is 15.7. The number of allylic oxidation sites excluding steroid dienone is 4. The van der Waals surface area contributed by atoms with Gasteiger partial charge in [-0.05, 0) is 67.1 Å². The molecule has 1 N–H and O–H groups in total. The van der Waals surface area contributed by atoms with Crippen LogP contribution in [0.15, 0.2) is 78.9 Å². The molecule has 48 heavy (non-hydrogen) atoms. The molecule has 3 aromatic carbocycles. The number of carbonyl (C=O) groups excluding carboxylic acids is 1. The number of hydrogen-bond donors (Lipinski definition) is 1. The molecular formula is C41H52F2KNO3-2. The summed E-state index contributed by atoms with van der Waals surface area (Å²) in [5.41, 5.74) is 7.06. The van der Waals surface area contributed by atoms with Crippen LogP contribution in [0.2, 0.25) is 0 Å². The number of hydrogen-bond acceptors (Lipinski definition) is 3. The van der Waals surface area contributed by atoms with Crippen LogP contribution in [0.1, 0.15) is 70.2 Å². The Hall–Kier alpha value is -2.52. The van der Waals surface area contributed by atoms with E-state index in [4.69, 9.17) is 0 Å². The zero-order chi connectivity index (χ0) is 35.0. The van der Waals surface area contributed by atoms with Crippen LogP contribution in [-0.2, 0) is 22.6 Å². The first-order valence-electron chi connectivity index (χ1n) is 15.7. The molecule has 7 heteroatoms. The molecule has 0 aliphatic carbocycles. The molecule has 256 valence electrons. The number of aliphatic carboxylic acids is 1. The van der Waals surface area contributed by atoms with E-state index in [0.717, 1.165) is 27.8 Å². The zero-order valence-corrected chi connectivity index (χ0v) is 33.8. The van der Waals surface area contributed by atoms with E-state index < -0.39 is 11.9 Å². The van der Waals surface area contributed by atoms with Crippen molar-refractivity contribution in [3.63, 3.8) is 0 Å². The Kier molecular flexibility index (Phi) is 24.4. The summed E-state index contributed by atoms with van der Waals surface area (Å²) < 4.78 is 31.0. The topological polar surface area (TPSA) is 57.6 Å². The van der Waals surface area contributed by atoms with Crippen molar-refractivity contribution in [2.75, 3.05) is 13.1 Å². The van der Waals surface area contributed by atoms with Crippen molar-refractivity contribution in [2.45, 2.75) is 74.8 Å². The van der Waals surface area contributed by atoms with Crippen LogP contribution in [0.3, 0.4) is 0 Å². The fraction of sp³-hybridized carbons (Fsp3) is 0.341. The first-order chi connectivity index (χ1) is 21.9. The summed E-state index contributed by atoms with van der Waals surface area (Å²) in [6, 6.07) is 14.4. The molecule has 1 saturated heterocycles. The van der Waals surface area contributed by atoms with Crippen molar-refractivity contribution in [1.82, 2.24) is 4.90 Å². The third kappa shape index (κ3) is 13.4. The van der Waals surface area contributed by atoms with E-state index in [0.29, 0.717) is 60.3 Å². The number of carbonyl (C=O) groups is 1. The second-order valence-electron chi connectivity index (χ2n) is 10.9. The van der Waals surface area contributed by atoms with Crippen LogP contribution in [0, 0.1) is 44.9 Å². The van der Waals surface area contributed by atoms with Gasteiger partial charge < -0.3 is 23.4 Å². The number of nitrogens with zero attached hydrogens (tertiary/aromatic N) is 1. The van der Waals surface area contributed by atoms with Crippen molar-refractivity contribution in [3.05, 3.63) is 126 Å². The summed E-state index contributed by atoms with van der Waals surface area (Å²) in [6.07, 6.45) is 7.13. The maximum Gasteiger partial charge on any atom is 1.00 e. The Morgan fingerprint density at radius 1 is 1.08 bits per heavy atom. The van der Waals surface area contributed by atoms with E-state index in [-0.39, 0.29) is 70.4 Å². The van der Waals surface area contributed by atoms with Gasteiger partial charge in [0.05, 0.1) is 12.2 Å². The van der Waals surface area contributed by atoms with Gasteiger partial charge in [-0.2, -0.15) is 30.7 Å². The molecule has 0 radical (unpaired) electrons. The summed E-state index contributed by atoms with van der Waals surface area (Å²) >= 11 is 0.